The predicted octanol–water partition coefficient (Wildman–Crippen LogP) is 2.82. The lowest BCUT2D eigenvalue weighted by atomic mass is 9.96. The number of halogens is 3. The van der Waals surface area contributed by atoms with Gasteiger partial charge < -0.3 is 11.1 Å². The molecule has 1 rings (SSSR count). The van der Waals surface area contributed by atoms with Gasteiger partial charge in [-0.15, -0.1) is 0 Å². The van der Waals surface area contributed by atoms with Crippen LogP contribution in [0.25, 0.3) is 0 Å². The molecule has 0 saturated carbocycles. The fourth-order valence-corrected chi connectivity index (χ4v) is 1.90. The largest absolute Gasteiger partial charge is 0.416 e. The second kappa shape index (κ2) is 6.91. The summed E-state index contributed by atoms with van der Waals surface area (Å²) < 4.78 is 37.4. The van der Waals surface area contributed by atoms with Crippen LogP contribution in [0.3, 0.4) is 0 Å². The standard InChI is InChI=1S/C14H21F3N2/c1-10(2)13(19-8-7-18)9-11-3-5-12(6-4-11)14(15,16)17/h3-6,10,13,19H,7-9,18H2,1-2H3. The highest BCUT2D eigenvalue weighted by Gasteiger charge is 2.30. The molecule has 1 atom stereocenters. The highest BCUT2D eigenvalue weighted by Crippen LogP contribution is 2.29. The molecule has 1 aromatic rings. The second-order valence-corrected chi connectivity index (χ2v) is 4.99. The molecule has 0 fully saturated rings. The Kier molecular flexibility index (Phi) is 5.82. The first kappa shape index (κ1) is 16.0. The van der Waals surface area contributed by atoms with Gasteiger partial charge in [0, 0.05) is 19.1 Å². The van der Waals surface area contributed by atoms with Gasteiger partial charge in [-0.05, 0) is 30.0 Å². The second-order valence-electron chi connectivity index (χ2n) is 4.99. The van der Waals surface area contributed by atoms with Crippen molar-refractivity contribution in [3.05, 3.63) is 35.4 Å². The Bertz CT molecular complexity index is 371. The Balaban J connectivity index is 2.69. The Morgan fingerprint density at radius 2 is 1.74 bits per heavy atom. The summed E-state index contributed by atoms with van der Waals surface area (Å²) in [6.45, 7) is 5.43. The minimum atomic E-state index is -4.27. The van der Waals surface area contributed by atoms with Crippen LogP contribution in [0.15, 0.2) is 24.3 Å². The highest BCUT2D eigenvalue weighted by atomic mass is 19.4. The molecule has 19 heavy (non-hydrogen) atoms. The van der Waals surface area contributed by atoms with E-state index < -0.39 is 11.7 Å². The summed E-state index contributed by atoms with van der Waals surface area (Å²) >= 11 is 0. The van der Waals surface area contributed by atoms with Crippen LogP contribution in [0.4, 0.5) is 13.2 Å². The average molecular weight is 274 g/mol. The number of nitrogens with one attached hydrogen (secondary N) is 1. The van der Waals surface area contributed by atoms with E-state index in [1.165, 1.54) is 0 Å². The maximum Gasteiger partial charge on any atom is 0.416 e. The molecule has 108 valence electrons. The van der Waals surface area contributed by atoms with Crippen molar-refractivity contribution in [1.29, 1.82) is 0 Å². The summed E-state index contributed by atoms with van der Waals surface area (Å²) in [5.41, 5.74) is 5.75. The molecule has 0 aliphatic heterocycles. The van der Waals surface area contributed by atoms with E-state index in [-0.39, 0.29) is 6.04 Å². The molecule has 0 aliphatic carbocycles. The van der Waals surface area contributed by atoms with Crippen molar-refractivity contribution in [2.24, 2.45) is 11.7 Å². The SMILES string of the molecule is CC(C)C(Cc1ccc(C(F)(F)F)cc1)NCCN. The van der Waals surface area contributed by atoms with Crippen LogP contribution in [-0.2, 0) is 12.6 Å². The minimum absolute atomic E-state index is 0.222. The molecule has 0 aliphatic rings. The number of alkyl halides is 3. The smallest absolute Gasteiger partial charge is 0.329 e. The van der Waals surface area contributed by atoms with E-state index in [9.17, 15) is 13.2 Å². The quantitative estimate of drug-likeness (QED) is 0.837. The lowest BCUT2D eigenvalue weighted by Gasteiger charge is -2.22. The maximum atomic E-state index is 12.5. The first-order valence-corrected chi connectivity index (χ1v) is 6.44. The molecule has 3 N–H and O–H groups in total. The molecule has 0 radical (unpaired) electrons. The van der Waals surface area contributed by atoms with E-state index in [2.05, 4.69) is 19.2 Å². The first-order valence-electron chi connectivity index (χ1n) is 6.44. The van der Waals surface area contributed by atoms with E-state index in [4.69, 9.17) is 5.73 Å². The molecule has 1 aromatic carbocycles. The maximum absolute atomic E-state index is 12.5. The van der Waals surface area contributed by atoms with Gasteiger partial charge in [0.25, 0.3) is 0 Å². The van der Waals surface area contributed by atoms with Crippen molar-refractivity contribution in [1.82, 2.24) is 5.32 Å². The predicted molar refractivity (Wildman–Crippen MR) is 70.8 cm³/mol. The zero-order valence-corrected chi connectivity index (χ0v) is 11.3. The molecule has 0 aromatic heterocycles. The van der Waals surface area contributed by atoms with E-state index >= 15 is 0 Å². The third kappa shape index (κ3) is 5.20. The Labute approximate surface area is 112 Å². The van der Waals surface area contributed by atoms with Gasteiger partial charge in [0.05, 0.1) is 5.56 Å². The number of benzene rings is 1. The van der Waals surface area contributed by atoms with Crippen LogP contribution in [0, 0.1) is 5.92 Å². The van der Waals surface area contributed by atoms with Gasteiger partial charge >= 0.3 is 6.18 Å². The molecule has 1 unspecified atom stereocenters. The lowest BCUT2D eigenvalue weighted by molar-refractivity contribution is -0.137. The van der Waals surface area contributed by atoms with Crippen molar-refractivity contribution in [3.8, 4) is 0 Å². The van der Waals surface area contributed by atoms with Gasteiger partial charge in [0.15, 0.2) is 0 Å². The van der Waals surface area contributed by atoms with Gasteiger partial charge in [0.2, 0.25) is 0 Å². The van der Waals surface area contributed by atoms with Crippen LogP contribution >= 0.6 is 0 Å². The molecule has 0 heterocycles. The normalized spacial score (nSPS) is 13.8. The van der Waals surface area contributed by atoms with Crippen LogP contribution in [-0.4, -0.2) is 19.1 Å². The average Bonchev–Trinajstić information content (AvgIpc) is 2.33. The minimum Gasteiger partial charge on any atom is -0.329 e. The summed E-state index contributed by atoms with van der Waals surface area (Å²) in [5, 5.41) is 3.31. The van der Waals surface area contributed by atoms with E-state index in [1.807, 2.05) is 0 Å². The van der Waals surface area contributed by atoms with Crippen LogP contribution in [0.1, 0.15) is 25.0 Å². The number of hydrogen-bond acceptors (Lipinski definition) is 2. The van der Waals surface area contributed by atoms with Gasteiger partial charge in [0.1, 0.15) is 0 Å². The highest BCUT2D eigenvalue weighted by molar-refractivity contribution is 5.25. The van der Waals surface area contributed by atoms with Crippen LogP contribution in [0.5, 0.6) is 0 Å². The van der Waals surface area contributed by atoms with E-state index in [0.717, 1.165) is 17.7 Å². The number of nitrogens with two attached hydrogens (primary N) is 1. The Morgan fingerprint density at radius 1 is 1.16 bits per heavy atom. The third-order valence-electron chi connectivity index (χ3n) is 3.09. The molecular weight excluding hydrogens is 253 g/mol. The van der Waals surface area contributed by atoms with Gasteiger partial charge in [-0.3, -0.25) is 0 Å². The van der Waals surface area contributed by atoms with Gasteiger partial charge in [-0.1, -0.05) is 26.0 Å². The molecular formula is C14H21F3N2. The van der Waals surface area contributed by atoms with Crippen molar-refractivity contribution < 1.29 is 13.2 Å². The van der Waals surface area contributed by atoms with Crippen LogP contribution in [0.2, 0.25) is 0 Å². The summed E-state index contributed by atoms with van der Waals surface area (Å²) in [7, 11) is 0. The molecule has 2 nitrogen and oxygen atoms in total. The summed E-state index contributed by atoms with van der Waals surface area (Å²) in [5.74, 6) is 0.397. The van der Waals surface area contributed by atoms with Crippen molar-refractivity contribution in [2.45, 2.75) is 32.5 Å². The van der Waals surface area contributed by atoms with Crippen LogP contribution < -0.4 is 11.1 Å². The fraction of sp³-hybridized carbons (Fsp3) is 0.571. The monoisotopic (exact) mass is 274 g/mol. The Hall–Kier alpha value is -1.07. The zero-order chi connectivity index (χ0) is 14.5. The topological polar surface area (TPSA) is 38.0 Å². The summed E-state index contributed by atoms with van der Waals surface area (Å²) in [6.07, 6.45) is -3.57. The molecule has 0 amide bonds. The Morgan fingerprint density at radius 3 is 2.16 bits per heavy atom. The molecule has 0 saturated heterocycles. The lowest BCUT2D eigenvalue weighted by Crippen LogP contribution is -2.38. The molecule has 0 spiro atoms. The zero-order valence-electron chi connectivity index (χ0n) is 11.3. The first-order chi connectivity index (χ1) is 8.84. The summed E-state index contributed by atoms with van der Waals surface area (Å²) in [4.78, 5) is 0. The van der Waals surface area contributed by atoms with Crippen molar-refractivity contribution in [2.75, 3.05) is 13.1 Å². The molecule has 5 heteroatoms. The molecule has 0 bridgehead atoms. The number of rotatable bonds is 6. The third-order valence-corrected chi connectivity index (χ3v) is 3.09. The van der Waals surface area contributed by atoms with Gasteiger partial charge in [-0.25, -0.2) is 0 Å². The number of hydrogen-bond donors (Lipinski definition) is 2. The summed E-state index contributed by atoms with van der Waals surface area (Å²) in [6, 6.07) is 5.58. The van der Waals surface area contributed by atoms with E-state index in [1.54, 1.807) is 12.1 Å². The van der Waals surface area contributed by atoms with Gasteiger partial charge in [-0.2, -0.15) is 13.2 Å². The fourth-order valence-electron chi connectivity index (χ4n) is 1.90. The van der Waals surface area contributed by atoms with Crippen molar-refractivity contribution >= 4 is 0 Å². The van der Waals surface area contributed by atoms with E-state index in [0.29, 0.717) is 25.4 Å². The van der Waals surface area contributed by atoms with Crippen molar-refractivity contribution in [3.63, 3.8) is 0 Å².